The Morgan fingerprint density at radius 2 is 1.96 bits per heavy atom. The number of carbonyl (C=O) groups is 1. The summed E-state index contributed by atoms with van der Waals surface area (Å²) in [6, 6.07) is 9.79. The average Bonchev–Trinajstić information content (AvgIpc) is 3.33. The van der Waals surface area contributed by atoms with Crippen LogP contribution < -0.4 is 18.7 Å². The summed E-state index contributed by atoms with van der Waals surface area (Å²) in [6.45, 7) is 5.31. The fourth-order valence-electron chi connectivity index (χ4n) is 4.21. The van der Waals surface area contributed by atoms with Gasteiger partial charge in [-0.2, -0.15) is 0 Å². The van der Waals surface area contributed by atoms with Crippen LogP contribution in [0, 0.1) is 0 Å². The number of nitrogens with zero attached hydrogens (tertiary/aromatic N) is 1. The average molecular weight is 378 g/mol. The zero-order valence-electron chi connectivity index (χ0n) is 16.3. The van der Waals surface area contributed by atoms with Crippen molar-refractivity contribution < 1.29 is 19.0 Å². The van der Waals surface area contributed by atoms with E-state index in [1.807, 2.05) is 24.3 Å². The number of hydrogen-bond acceptors (Lipinski definition) is 4. The molecule has 3 aliphatic heterocycles. The number of ether oxygens (including phenoxy) is 3. The summed E-state index contributed by atoms with van der Waals surface area (Å²) in [5.41, 5.74) is 4.41. The number of benzene rings is 2. The largest absolute Gasteiger partial charge is 0.497 e. The van der Waals surface area contributed by atoms with E-state index in [4.69, 9.17) is 14.2 Å². The molecular weight excluding hydrogens is 354 g/mol. The van der Waals surface area contributed by atoms with Crippen LogP contribution in [-0.2, 0) is 6.42 Å². The fraction of sp³-hybridized carbons (Fsp3) is 0.348. The van der Waals surface area contributed by atoms with Gasteiger partial charge in [-0.15, -0.1) is 0 Å². The monoisotopic (exact) mass is 378 g/mol. The Morgan fingerprint density at radius 1 is 1.18 bits per heavy atom. The molecule has 3 heterocycles. The Kier molecular flexibility index (Phi) is 3.95. The van der Waals surface area contributed by atoms with Gasteiger partial charge in [0.05, 0.1) is 25.9 Å². The maximum atomic E-state index is 13.6. The number of fused-ring (bicyclic) bond motifs is 4. The zero-order chi connectivity index (χ0) is 19.3. The van der Waals surface area contributed by atoms with Crippen LogP contribution in [0.2, 0.25) is 0 Å². The Morgan fingerprint density at radius 3 is 2.64 bits per heavy atom. The highest BCUT2D eigenvalue weighted by Gasteiger charge is 2.54. The molecule has 2 aromatic rings. The van der Waals surface area contributed by atoms with E-state index in [2.05, 4.69) is 19.2 Å². The lowest BCUT2D eigenvalue weighted by atomic mass is 9.90. The molecule has 28 heavy (non-hydrogen) atoms. The van der Waals surface area contributed by atoms with Crippen LogP contribution in [0.15, 0.2) is 36.5 Å². The minimum Gasteiger partial charge on any atom is -0.497 e. The molecule has 3 aliphatic rings. The number of Topliss-reactive ketones (excluding diaryl/α,β-unsaturated/α-hetero) is 1. The van der Waals surface area contributed by atoms with Crippen molar-refractivity contribution in [1.29, 1.82) is 0 Å². The molecule has 0 aliphatic carbocycles. The Bertz CT molecular complexity index is 987. The highest BCUT2D eigenvalue weighted by Crippen LogP contribution is 2.53. The summed E-state index contributed by atoms with van der Waals surface area (Å²) in [7, 11) is 1.64. The van der Waals surface area contributed by atoms with Crippen molar-refractivity contribution >= 4 is 17.0 Å². The van der Waals surface area contributed by atoms with Crippen LogP contribution >= 0.6 is 0 Å². The molecule has 1 spiro atoms. The topological polar surface area (TPSA) is 44.8 Å². The summed E-state index contributed by atoms with van der Waals surface area (Å²) in [5, 5.41) is 0. The highest BCUT2D eigenvalue weighted by atomic mass is 16.5. The number of carbonyl (C=O) groups excluding carboxylic acids is 1. The molecule has 2 aromatic carbocycles. The van der Waals surface area contributed by atoms with Crippen molar-refractivity contribution in [2.45, 2.75) is 19.8 Å². The molecule has 144 valence electrons. The van der Waals surface area contributed by atoms with Gasteiger partial charge in [-0.1, -0.05) is 19.1 Å². The number of rotatable bonds is 5. The van der Waals surface area contributed by atoms with Crippen molar-refractivity contribution in [2.75, 3.05) is 33.4 Å². The molecule has 0 aromatic heterocycles. The number of allylic oxidation sites excluding steroid dienone is 1. The van der Waals surface area contributed by atoms with Gasteiger partial charge in [0.25, 0.3) is 0 Å². The lowest BCUT2D eigenvalue weighted by molar-refractivity contribution is 0.104. The van der Waals surface area contributed by atoms with Crippen LogP contribution in [0.4, 0.5) is 5.69 Å². The Hall–Kier alpha value is -2.79. The third-order valence-corrected chi connectivity index (χ3v) is 5.77. The number of hydrogen-bond donors (Lipinski definition) is 0. The van der Waals surface area contributed by atoms with Gasteiger partial charge in [0.1, 0.15) is 36.4 Å². The van der Waals surface area contributed by atoms with Crippen LogP contribution in [0.1, 0.15) is 34.8 Å². The first-order valence-corrected chi connectivity index (χ1v) is 9.91. The van der Waals surface area contributed by atoms with Gasteiger partial charge in [0.15, 0.2) is 11.4 Å². The normalized spacial score (nSPS) is 18.2. The first kappa shape index (κ1) is 17.3. The summed E-state index contributed by atoms with van der Waals surface area (Å²) in [5.74, 6) is 2.41. The zero-order valence-corrected chi connectivity index (χ0v) is 16.3. The van der Waals surface area contributed by atoms with Crippen molar-refractivity contribution in [1.82, 2.24) is 4.48 Å². The standard InChI is InChI=1S/C23H24NO4/c1-3-11-27-19-13-16-8-12-28-23(16)20-21(19)24(9-10-24)14-18(22(20)25)15-4-6-17(26-2)7-5-15/h4-7,13-14H,3,8-12H2,1-2H3/q+1. The van der Waals surface area contributed by atoms with Crippen LogP contribution in [0.25, 0.3) is 5.57 Å². The molecule has 0 amide bonds. The highest BCUT2D eigenvalue weighted by molar-refractivity contribution is 6.33. The van der Waals surface area contributed by atoms with Crippen molar-refractivity contribution in [3.63, 3.8) is 0 Å². The Balaban J connectivity index is 1.67. The van der Waals surface area contributed by atoms with Crippen LogP contribution in [0.5, 0.6) is 17.2 Å². The van der Waals surface area contributed by atoms with Gasteiger partial charge in [-0.05, 0) is 30.2 Å². The van der Waals surface area contributed by atoms with Gasteiger partial charge in [-0.25, -0.2) is 0 Å². The van der Waals surface area contributed by atoms with Gasteiger partial charge < -0.3 is 14.2 Å². The lowest BCUT2D eigenvalue weighted by Gasteiger charge is -2.26. The predicted octanol–water partition coefficient (Wildman–Crippen LogP) is 3.98. The minimum atomic E-state index is 0.0240. The SMILES string of the molecule is CCCOc1cc2c(c3c1[N+]1(C=C(c4ccc(OC)cc4)C3=O)CC1)OCC2. The van der Waals surface area contributed by atoms with E-state index in [-0.39, 0.29) is 5.78 Å². The van der Waals surface area contributed by atoms with Gasteiger partial charge in [-0.3, -0.25) is 9.28 Å². The maximum absolute atomic E-state index is 13.6. The second-order valence-electron chi connectivity index (χ2n) is 7.62. The Labute approximate surface area is 164 Å². The quantitative estimate of drug-likeness (QED) is 0.583. The summed E-state index contributed by atoms with van der Waals surface area (Å²) >= 11 is 0. The van der Waals surface area contributed by atoms with Gasteiger partial charge in [0.2, 0.25) is 5.78 Å². The van der Waals surface area contributed by atoms with E-state index >= 15 is 0 Å². The molecule has 0 atom stereocenters. The predicted molar refractivity (Wildman–Crippen MR) is 108 cm³/mol. The van der Waals surface area contributed by atoms with E-state index in [0.717, 1.165) is 65.6 Å². The second kappa shape index (κ2) is 6.38. The third kappa shape index (κ3) is 2.53. The van der Waals surface area contributed by atoms with Crippen molar-refractivity contribution in [3.8, 4) is 17.2 Å². The van der Waals surface area contributed by atoms with Crippen LogP contribution in [-0.4, -0.2) is 39.2 Å². The summed E-state index contributed by atoms with van der Waals surface area (Å²) < 4.78 is 18.0. The number of quaternary nitrogens is 1. The number of ketones is 1. The van der Waals surface area contributed by atoms with E-state index in [1.165, 1.54) is 0 Å². The molecule has 5 rings (SSSR count). The van der Waals surface area contributed by atoms with E-state index in [0.29, 0.717) is 23.3 Å². The molecular formula is C23H24NO4+. The molecule has 0 saturated carbocycles. The van der Waals surface area contributed by atoms with Gasteiger partial charge in [0, 0.05) is 12.0 Å². The fourth-order valence-corrected chi connectivity index (χ4v) is 4.21. The first-order valence-electron chi connectivity index (χ1n) is 9.91. The molecule has 0 N–H and O–H groups in total. The molecule has 5 heteroatoms. The van der Waals surface area contributed by atoms with Gasteiger partial charge >= 0.3 is 0 Å². The van der Waals surface area contributed by atoms with E-state index < -0.39 is 0 Å². The molecule has 1 fully saturated rings. The molecule has 1 saturated heterocycles. The third-order valence-electron chi connectivity index (χ3n) is 5.77. The smallest absolute Gasteiger partial charge is 0.208 e. The minimum absolute atomic E-state index is 0.0240. The second-order valence-corrected chi connectivity index (χ2v) is 7.62. The summed E-state index contributed by atoms with van der Waals surface area (Å²) in [6.07, 6.45) is 3.86. The first-order chi connectivity index (χ1) is 13.7. The number of methoxy groups -OCH3 is 1. The molecule has 5 nitrogen and oxygen atoms in total. The van der Waals surface area contributed by atoms with E-state index in [9.17, 15) is 4.79 Å². The molecule has 0 unspecified atom stereocenters. The molecule has 0 bridgehead atoms. The maximum Gasteiger partial charge on any atom is 0.208 e. The molecule has 0 radical (unpaired) electrons. The lowest BCUT2D eigenvalue weighted by Crippen LogP contribution is -2.28. The van der Waals surface area contributed by atoms with E-state index in [1.54, 1.807) is 7.11 Å². The van der Waals surface area contributed by atoms with Crippen molar-refractivity contribution in [3.05, 3.63) is 53.2 Å². The van der Waals surface area contributed by atoms with Crippen LogP contribution in [0.3, 0.4) is 0 Å². The summed E-state index contributed by atoms with van der Waals surface area (Å²) in [4.78, 5) is 13.6. The van der Waals surface area contributed by atoms with Crippen molar-refractivity contribution in [2.24, 2.45) is 0 Å².